The second-order valence-electron chi connectivity index (χ2n) is 7.93. The Bertz CT molecular complexity index is 1690. The number of halogens is 1. The minimum absolute atomic E-state index is 0.210. The Morgan fingerprint density at radius 2 is 1.84 bits per heavy atom. The number of aromatic hydroxyl groups is 1. The van der Waals surface area contributed by atoms with Crippen LogP contribution < -0.4 is 5.56 Å². The molecule has 9 heteroatoms. The molecule has 0 saturated heterocycles. The molecule has 184 valence electrons. The van der Waals surface area contributed by atoms with E-state index >= 15 is 0 Å². The average molecular weight is 530 g/mol. The van der Waals surface area contributed by atoms with Crippen LogP contribution in [0.2, 0.25) is 5.02 Å². The number of rotatable bonds is 6. The van der Waals surface area contributed by atoms with Gasteiger partial charge in [0.25, 0.3) is 5.56 Å². The van der Waals surface area contributed by atoms with Gasteiger partial charge in [-0.3, -0.25) is 4.79 Å². The molecule has 0 unspecified atom stereocenters. The van der Waals surface area contributed by atoms with Crippen LogP contribution in [0.5, 0.6) is 5.88 Å². The lowest BCUT2D eigenvalue weighted by molar-refractivity contribution is 0.0528. The van der Waals surface area contributed by atoms with Gasteiger partial charge in [0.2, 0.25) is 5.88 Å². The fraction of sp³-hybridized carbons (Fsp3) is 0.0714. The third-order valence-corrected chi connectivity index (χ3v) is 6.94. The van der Waals surface area contributed by atoms with Crippen molar-refractivity contribution in [1.29, 1.82) is 0 Å². The Balaban J connectivity index is 1.68. The number of hydrogen-bond acceptors (Lipinski definition) is 7. The lowest BCUT2D eigenvalue weighted by Gasteiger charge is -2.13. The van der Waals surface area contributed by atoms with Gasteiger partial charge < -0.3 is 9.84 Å². The summed E-state index contributed by atoms with van der Waals surface area (Å²) in [4.78, 5) is 35.6. The number of pyridine rings is 2. The molecular formula is C28H20ClN3O4S. The molecule has 3 heterocycles. The Kier molecular flexibility index (Phi) is 6.85. The highest BCUT2D eigenvalue weighted by Crippen LogP contribution is 2.38. The molecule has 7 nitrogen and oxygen atoms in total. The maximum Gasteiger partial charge on any atom is 0.341 e. The van der Waals surface area contributed by atoms with E-state index in [0.29, 0.717) is 31.9 Å². The SMILES string of the molecule is CCOC(=O)c1cc(-c2ccccc2)sc1/N=C/c1c(O)n(-c2ccc(Cl)cn2)c(=O)c2ccccc12. The minimum Gasteiger partial charge on any atom is -0.494 e. The zero-order valence-electron chi connectivity index (χ0n) is 19.6. The van der Waals surface area contributed by atoms with Crippen molar-refractivity contribution < 1.29 is 14.6 Å². The molecule has 0 aliphatic heterocycles. The zero-order valence-corrected chi connectivity index (χ0v) is 21.2. The normalized spacial score (nSPS) is 11.3. The van der Waals surface area contributed by atoms with Crippen LogP contribution in [0.1, 0.15) is 22.8 Å². The number of esters is 1. The van der Waals surface area contributed by atoms with Crippen molar-refractivity contribution in [2.45, 2.75) is 6.92 Å². The molecule has 0 atom stereocenters. The summed E-state index contributed by atoms with van der Waals surface area (Å²) in [5, 5.41) is 12.9. The predicted molar refractivity (Wildman–Crippen MR) is 147 cm³/mol. The highest BCUT2D eigenvalue weighted by atomic mass is 35.5. The van der Waals surface area contributed by atoms with Crippen molar-refractivity contribution in [3.05, 3.63) is 105 Å². The number of carbonyl (C=O) groups excluding carboxylic acids is 1. The number of nitrogens with zero attached hydrogens (tertiary/aromatic N) is 3. The Labute approximate surface area is 220 Å². The summed E-state index contributed by atoms with van der Waals surface area (Å²) in [6, 6.07) is 21.4. The average Bonchev–Trinajstić information content (AvgIpc) is 3.35. The molecule has 0 amide bonds. The van der Waals surface area contributed by atoms with E-state index in [0.717, 1.165) is 15.0 Å². The molecule has 0 fully saturated rings. The second-order valence-corrected chi connectivity index (χ2v) is 9.40. The van der Waals surface area contributed by atoms with Crippen LogP contribution in [-0.4, -0.2) is 33.4 Å². The first-order valence-electron chi connectivity index (χ1n) is 11.4. The van der Waals surface area contributed by atoms with Gasteiger partial charge in [0, 0.05) is 28.1 Å². The van der Waals surface area contributed by atoms with E-state index in [9.17, 15) is 14.7 Å². The van der Waals surface area contributed by atoms with E-state index in [-0.39, 0.29) is 18.3 Å². The van der Waals surface area contributed by atoms with E-state index in [1.165, 1.54) is 23.7 Å². The summed E-state index contributed by atoms with van der Waals surface area (Å²) in [7, 11) is 0. The van der Waals surface area contributed by atoms with Gasteiger partial charge in [0.1, 0.15) is 10.8 Å². The summed E-state index contributed by atoms with van der Waals surface area (Å²) < 4.78 is 6.35. The van der Waals surface area contributed by atoms with Gasteiger partial charge in [-0.2, -0.15) is 0 Å². The first-order chi connectivity index (χ1) is 18.0. The van der Waals surface area contributed by atoms with Crippen LogP contribution in [0.4, 0.5) is 5.00 Å². The Morgan fingerprint density at radius 1 is 1.11 bits per heavy atom. The fourth-order valence-electron chi connectivity index (χ4n) is 3.90. The number of carbonyl (C=O) groups is 1. The number of ether oxygens (including phenoxy) is 1. The lowest BCUT2D eigenvalue weighted by Crippen LogP contribution is -2.21. The monoisotopic (exact) mass is 529 g/mol. The van der Waals surface area contributed by atoms with Crippen molar-refractivity contribution in [2.75, 3.05) is 6.61 Å². The van der Waals surface area contributed by atoms with Gasteiger partial charge in [-0.05, 0) is 36.8 Å². The van der Waals surface area contributed by atoms with Crippen LogP contribution in [0.15, 0.2) is 88.8 Å². The molecule has 5 rings (SSSR count). The molecule has 2 aromatic carbocycles. The number of fused-ring (bicyclic) bond motifs is 1. The fourth-order valence-corrected chi connectivity index (χ4v) is 5.01. The molecule has 0 spiro atoms. The number of thiophene rings is 1. The zero-order chi connectivity index (χ0) is 25.9. The maximum absolute atomic E-state index is 13.3. The summed E-state index contributed by atoms with van der Waals surface area (Å²) in [6.45, 7) is 1.96. The predicted octanol–water partition coefficient (Wildman–Crippen LogP) is 6.40. The topological polar surface area (TPSA) is 93.8 Å². The van der Waals surface area contributed by atoms with E-state index < -0.39 is 11.5 Å². The maximum atomic E-state index is 13.3. The van der Waals surface area contributed by atoms with E-state index in [1.807, 2.05) is 30.3 Å². The number of benzene rings is 2. The van der Waals surface area contributed by atoms with Crippen LogP contribution in [0.3, 0.4) is 0 Å². The molecule has 0 aliphatic carbocycles. The van der Waals surface area contributed by atoms with Gasteiger partial charge in [-0.25, -0.2) is 19.3 Å². The summed E-state index contributed by atoms with van der Waals surface area (Å²) in [6.07, 6.45) is 2.85. The molecule has 0 aliphatic rings. The van der Waals surface area contributed by atoms with Crippen molar-refractivity contribution in [2.24, 2.45) is 4.99 Å². The summed E-state index contributed by atoms with van der Waals surface area (Å²) in [5.74, 6) is -0.612. The van der Waals surface area contributed by atoms with Crippen LogP contribution >= 0.6 is 22.9 Å². The van der Waals surface area contributed by atoms with Crippen LogP contribution in [0, 0.1) is 0 Å². The largest absolute Gasteiger partial charge is 0.494 e. The molecule has 0 bridgehead atoms. The van der Waals surface area contributed by atoms with Crippen molar-refractivity contribution in [1.82, 2.24) is 9.55 Å². The van der Waals surface area contributed by atoms with Gasteiger partial charge in [-0.15, -0.1) is 11.3 Å². The van der Waals surface area contributed by atoms with Gasteiger partial charge in [0.05, 0.1) is 22.8 Å². The minimum atomic E-state index is -0.488. The summed E-state index contributed by atoms with van der Waals surface area (Å²) in [5.41, 5.74) is 1.12. The molecule has 5 aromatic rings. The van der Waals surface area contributed by atoms with E-state index in [2.05, 4.69) is 9.98 Å². The van der Waals surface area contributed by atoms with E-state index in [1.54, 1.807) is 49.4 Å². The first kappa shape index (κ1) is 24.4. The number of aliphatic imine (C=N–C) groups is 1. The number of aromatic nitrogens is 2. The van der Waals surface area contributed by atoms with Crippen LogP contribution in [-0.2, 0) is 4.74 Å². The third-order valence-electron chi connectivity index (χ3n) is 5.62. The van der Waals surface area contributed by atoms with Crippen molar-refractivity contribution >= 4 is 50.9 Å². The number of hydrogen-bond donors (Lipinski definition) is 1. The molecule has 37 heavy (non-hydrogen) atoms. The molecule has 0 saturated carbocycles. The van der Waals surface area contributed by atoms with E-state index in [4.69, 9.17) is 16.3 Å². The van der Waals surface area contributed by atoms with Crippen molar-refractivity contribution in [3.8, 4) is 22.1 Å². The van der Waals surface area contributed by atoms with Crippen LogP contribution in [0.25, 0.3) is 27.0 Å². The highest BCUT2D eigenvalue weighted by Gasteiger charge is 2.20. The molecule has 1 N–H and O–H groups in total. The van der Waals surface area contributed by atoms with Gasteiger partial charge in [-0.1, -0.05) is 60.1 Å². The Hall–Kier alpha value is -4.27. The smallest absolute Gasteiger partial charge is 0.341 e. The quantitative estimate of drug-likeness (QED) is 0.203. The second kappa shape index (κ2) is 10.4. The third kappa shape index (κ3) is 4.76. The standard InChI is InChI=1S/C28H20ClN3O4S/c1-2-36-28(35)21-14-23(17-8-4-3-5-9-17)37-25(21)31-16-22-19-10-6-7-11-20(19)26(33)32(27(22)34)24-13-12-18(29)15-30-24/h3-16,34H,2H2,1H3/b31-16+. The Morgan fingerprint density at radius 3 is 2.54 bits per heavy atom. The molecule has 0 radical (unpaired) electrons. The molecule has 3 aromatic heterocycles. The highest BCUT2D eigenvalue weighted by molar-refractivity contribution is 7.19. The van der Waals surface area contributed by atoms with Gasteiger partial charge >= 0.3 is 5.97 Å². The van der Waals surface area contributed by atoms with Gasteiger partial charge in [0.15, 0.2) is 0 Å². The summed E-state index contributed by atoms with van der Waals surface area (Å²) >= 11 is 7.29. The first-order valence-corrected chi connectivity index (χ1v) is 12.6. The lowest BCUT2D eigenvalue weighted by atomic mass is 10.1. The van der Waals surface area contributed by atoms with Crippen molar-refractivity contribution in [3.63, 3.8) is 0 Å². The molecular weight excluding hydrogens is 510 g/mol.